The van der Waals surface area contributed by atoms with Crippen molar-refractivity contribution in [2.75, 3.05) is 10.6 Å². The molecule has 0 unspecified atom stereocenters. The Morgan fingerprint density at radius 2 is 2.14 bits per heavy atom. The first kappa shape index (κ1) is 17.7. The van der Waals surface area contributed by atoms with Crippen LogP contribution >= 0.6 is 11.3 Å². The molecule has 0 aliphatic carbocycles. The molecule has 0 radical (unpaired) electrons. The number of aromatic amines is 1. The SMILES string of the molecule is CC(=O)Nc1ccc2nc(NC(=O)CCc3nc(-c4ncn[nH]4)no3)sc2c1. The molecule has 0 spiro atoms. The second-order valence-corrected chi connectivity index (χ2v) is 6.81. The number of amides is 2. The summed E-state index contributed by atoms with van der Waals surface area (Å²) >= 11 is 1.33. The lowest BCUT2D eigenvalue weighted by molar-refractivity contribution is -0.116. The van der Waals surface area contributed by atoms with E-state index in [0.717, 1.165) is 10.2 Å². The van der Waals surface area contributed by atoms with E-state index in [1.165, 1.54) is 24.6 Å². The van der Waals surface area contributed by atoms with Gasteiger partial charge in [0.1, 0.15) is 6.33 Å². The molecule has 4 rings (SSSR count). The average molecular weight is 398 g/mol. The van der Waals surface area contributed by atoms with E-state index in [4.69, 9.17) is 4.52 Å². The van der Waals surface area contributed by atoms with Crippen molar-refractivity contribution in [3.05, 3.63) is 30.4 Å². The van der Waals surface area contributed by atoms with Gasteiger partial charge in [-0.2, -0.15) is 10.1 Å². The predicted octanol–water partition coefficient (Wildman–Crippen LogP) is 1.99. The fraction of sp³-hybridized carbons (Fsp3) is 0.188. The number of carbonyl (C=O) groups is 2. The standard InChI is InChI=1S/C16H14N8O3S/c1-8(25)19-9-2-3-10-11(6-9)28-16(20-10)21-12(26)4-5-13-22-15(24-27-13)14-17-7-18-23-14/h2-3,6-7H,4-5H2,1H3,(H,19,25)(H,17,18,23)(H,20,21,26). The fourth-order valence-corrected chi connectivity index (χ4v) is 3.35. The van der Waals surface area contributed by atoms with Crippen LogP contribution in [0.1, 0.15) is 19.2 Å². The Morgan fingerprint density at radius 3 is 2.93 bits per heavy atom. The molecular formula is C16H14N8O3S. The molecule has 142 valence electrons. The summed E-state index contributed by atoms with van der Waals surface area (Å²) < 4.78 is 5.96. The van der Waals surface area contributed by atoms with Crippen LogP contribution < -0.4 is 10.6 Å². The maximum absolute atomic E-state index is 12.2. The first-order valence-corrected chi connectivity index (χ1v) is 9.05. The van der Waals surface area contributed by atoms with Gasteiger partial charge in [0.05, 0.1) is 10.2 Å². The lowest BCUT2D eigenvalue weighted by Gasteiger charge is -1.99. The topological polar surface area (TPSA) is 152 Å². The van der Waals surface area contributed by atoms with Crippen LogP contribution in [0, 0.1) is 0 Å². The number of H-pyrrole nitrogens is 1. The molecule has 0 bridgehead atoms. The fourth-order valence-electron chi connectivity index (χ4n) is 2.43. The van der Waals surface area contributed by atoms with Crippen molar-refractivity contribution in [1.29, 1.82) is 0 Å². The number of nitrogens with zero attached hydrogens (tertiary/aromatic N) is 5. The van der Waals surface area contributed by atoms with Gasteiger partial charge in [-0.25, -0.2) is 9.97 Å². The van der Waals surface area contributed by atoms with Crippen molar-refractivity contribution in [1.82, 2.24) is 30.3 Å². The molecule has 28 heavy (non-hydrogen) atoms. The molecule has 1 aromatic carbocycles. The molecule has 11 nitrogen and oxygen atoms in total. The van der Waals surface area contributed by atoms with Crippen LogP contribution in [0.2, 0.25) is 0 Å². The number of rotatable bonds is 6. The van der Waals surface area contributed by atoms with E-state index < -0.39 is 0 Å². The molecule has 2 amide bonds. The van der Waals surface area contributed by atoms with E-state index >= 15 is 0 Å². The van der Waals surface area contributed by atoms with Crippen LogP contribution in [0.3, 0.4) is 0 Å². The van der Waals surface area contributed by atoms with Crippen molar-refractivity contribution in [3.8, 4) is 11.6 Å². The van der Waals surface area contributed by atoms with Crippen LogP contribution in [-0.4, -0.2) is 42.1 Å². The van der Waals surface area contributed by atoms with Crippen LogP contribution in [0.25, 0.3) is 21.9 Å². The van der Waals surface area contributed by atoms with E-state index in [2.05, 4.69) is 40.9 Å². The molecule has 0 saturated carbocycles. The predicted molar refractivity (Wildman–Crippen MR) is 101 cm³/mol. The van der Waals surface area contributed by atoms with Crippen LogP contribution in [0.4, 0.5) is 10.8 Å². The number of nitrogens with one attached hydrogen (secondary N) is 3. The van der Waals surface area contributed by atoms with E-state index in [-0.39, 0.29) is 30.5 Å². The number of benzene rings is 1. The summed E-state index contributed by atoms with van der Waals surface area (Å²) in [6.07, 6.45) is 1.78. The molecule has 0 atom stereocenters. The zero-order valence-electron chi connectivity index (χ0n) is 14.6. The number of hydrogen-bond donors (Lipinski definition) is 3. The number of carbonyl (C=O) groups excluding carboxylic acids is 2. The number of thiazole rings is 1. The van der Waals surface area contributed by atoms with Crippen molar-refractivity contribution in [2.24, 2.45) is 0 Å². The minimum atomic E-state index is -0.222. The van der Waals surface area contributed by atoms with Gasteiger partial charge < -0.3 is 15.2 Å². The van der Waals surface area contributed by atoms with Crippen molar-refractivity contribution in [3.63, 3.8) is 0 Å². The molecule has 0 aliphatic rings. The Labute approximate surface area is 161 Å². The summed E-state index contributed by atoms with van der Waals surface area (Å²) in [4.78, 5) is 35.8. The molecule has 3 heterocycles. The van der Waals surface area contributed by atoms with Gasteiger partial charge in [-0.15, -0.1) is 0 Å². The summed E-state index contributed by atoms with van der Waals surface area (Å²) in [5.74, 6) is 0.637. The van der Waals surface area contributed by atoms with Gasteiger partial charge in [0.2, 0.25) is 23.5 Å². The van der Waals surface area contributed by atoms with E-state index in [1.54, 1.807) is 12.1 Å². The Kier molecular flexibility index (Phi) is 4.76. The second-order valence-electron chi connectivity index (χ2n) is 5.78. The van der Waals surface area contributed by atoms with E-state index in [1.807, 2.05) is 6.07 Å². The summed E-state index contributed by atoms with van der Waals surface area (Å²) in [5.41, 5.74) is 1.42. The average Bonchev–Trinajstić information content (AvgIpc) is 3.39. The normalized spacial score (nSPS) is 10.9. The highest BCUT2D eigenvalue weighted by Gasteiger charge is 2.14. The van der Waals surface area contributed by atoms with Crippen LogP contribution in [0.15, 0.2) is 29.0 Å². The Bertz CT molecular complexity index is 1130. The number of anilines is 2. The molecule has 12 heteroatoms. The smallest absolute Gasteiger partial charge is 0.239 e. The van der Waals surface area contributed by atoms with E-state index in [9.17, 15) is 9.59 Å². The summed E-state index contributed by atoms with van der Waals surface area (Å²) in [6, 6.07) is 5.36. The molecule has 0 fully saturated rings. The minimum Gasteiger partial charge on any atom is -0.339 e. The maximum atomic E-state index is 12.2. The monoisotopic (exact) mass is 398 g/mol. The van der Waals surface area contributed by atoms with Gasteiger partial charge in [-0.1, -0.05) is 16.5 Å². The van der Waals surface area contributed by atoms with Gasteiger partial charge in [0.15, 0.2) is 11.0 Å². The zero-order valence-corrected chi connectivity index (χ0v) is 15.4. The third-order valence-corrected chi connectivity index (χ3v) is 4.55. The van der Waals surface area contributed by atoms with Gasteiger partial charge in [0, 0.05) is 25.5 Å². The van der Waals surface area contributed by atoms with E-state index in [0.29, 0.717) is 22.5 Å². The molecule has 0 saturated heterocycles. The Hall–Kier alpha value is -3.67. The van der Waals surface area contributed by atoms with Crippen LogP contribution in [0.5, 0.6) is 0 Å². The summed E-state index contributed by atoms with van der Waals surface area (Å²) in [7, 11) is 0. The molecular weight excluding hydrogens is 384 g/mol. The second kappa shape index (κ2) is 7.52. The molecule has 4 aromatic rings. The largest absolute Gasteiger partial charge is 0.339 e. The van der Waals surface area contributed by atoms with Gasteiger partial charge >= 0.3 is 0 Å². The van der Waals surface area contributed by atoms with Crippen molar-refractivity contribution < 1.29 is 14.1 Å². The van der Waals surface area contributed by atoms with Crippen molar-refractivity contribution in [2.45, 2.75) is 19.8 Å². The zero-order chi connectivity index (χ0) is 19.5. The Balaban J connectivity index is 1.36. The Morgan fingerprint density at radius 1 is 1.25 bits per heavy atom. The number of hydrogen-bond acceptors (Lipinski definition) is 9. The third-order valence-electron chi connectivity index (χ3n) is 3.62. The maximum Gasteiger partial charge on any atom is 0.239 e. The number of aryl methyl sites for hydroxylation is 1. The summed E-state index contributed by atoms with van der Waals surface area (Å²) in [6.45, 7) is 1.44. The van der Waals surface area contributed by atoms with Crippen LogP contribution in [-0.2, 0) is 16.0 Å². The first-order chi connectivity index (χ1) is 13.6. The minimum absolute atomic E-state index is 0.148. The number of aromatic nitrogens is 6. The van der Waals surface area contributed by atoms with Crippen molar-refractivity contribution >= 4 is 44.2 Å². The number of fused-ring (bicyclic) bond motifs is 1. The first-order valence-electron chi connectivity index (χ1n) is 8.23. The van der Waals surface area contributed by atoms with Gasteiger partial charge in [-0.05, 0) is 18.2 Å². The highest BCUT2D eigenvalue weighted by molar-refractivity contribution is 7.22. The molecule has 3 N–H and O–H groups in total. The lowest BCUT2D eigenvalue weighted by atomic mass is 10.3. The van der Waals surface area contributed by atoms with Gasteiger partial charge in [-0.3, -0.25) is 14.7 Å². The quantitative estimate of drug-likeness (QED) is 0.446. The highest BCUT2D eigenvalue weighted by Crippen LogP contribution is 2.28. The summed E-state index contributed by atoms with van der Waals surface area (Å²) in [5, 5.41) is 16.1. The molecule has 0 aliphatic heterocycles. The lowest BCUT2D eigenvalue weighted by Crippen LogP contribution is -2.12. The third kappa shape index (κ3) is 4.01. The van der Waals surface area contributed by atoms with Gasteiger partial charge in [0.25, 0.3) is 0 Å². The highest BCUT2D eigenvalue weighted by atomic mass is 32.1. The molecule has 3 aromatic heterocycles.